The lowest BCUT2D eigenvalue weighted by atomic mass is 10.2. The second-order valence-corrected chi connectivity index (χ2v) is 2.86. The van der Waals surface area contributed by atoms with Crippen molar-refractivity contribution in [2.75, 3.05) is 6.54 Å². The van der Waals surface area contributed by atoms with E-state index in [-0.39, 0.29) is 6.54 Å². The van der Waals surface area contributed by atoms with E-state index in [0.717, 1.165) is 0 Å². The molecule has 4 nitrogen and oxygen atoms in total. The van der Waals surface area contributed by atoms with Crippen molar-refractivity contribution in [3.8, 4) is 0 Å². The maximum atomic E-state index is 9.26. The van der Waals surface area contributed by atoms with Gasteiger partial charge in [-0.25, -0.2) is 9.97 Å². The first-order valence-corrected chi connectivity index (χ1v) is 3.88. The first kappa shape index (κ1) is 8.58. The normalized spacial score (nSPS) is 13.0. The summed E-state index contributed by atoms with van der Waals surface area (Å²) in [5.74, 6) is 0. The minimum absolute atomic E-state index is 0.162. The number of hydrogen-bond acceptors (Lipinski definition) is 4. The van der Waals surface area contributed by atoms with E-state index in [9.17, 15) is 5.11 Å². The van der Waals surface area contributed by atoms with E-state index in [2.05, 4.69) is 25.9 Å². The molecule has 11 heavy (non-hydrogen) atoms. The van der Waals surface area contributed by atoms with E-state index in [1.54, 1.807) is 6.20 Å². The Morgan fingerprint density at radius 2 is 2.45 bits per heavy atom. The Morgan fingerprint density at radius 1 is 1.73 bits per heavy atom. The van der Waals surface area contributed by atoms with Crippen LogP contribution in [0.1, 0.15) is 11.8 Å². The van der Waals surface area contributed by atoms with Gasteiger partial charge >= 0.3 is 0 Å². The van der Waals surface area contributed by atoms with Crippen molar-refractivity contribution in [2.24, 2.45) is 5.73 Å². The summed E-state index contributed by atoms with van der Waals surface area (Å²) in [6.45, 7) is 0.162. The SMILES string of the molecule is NCC(O)c1ncncc1Br. The Balaban J connectivity index is 2.93. The highest BCUT2D eigenvalue weighted by Gasteiger charge is 2.09. The van der Waals surface area contributed by atoms with Crippen LogP contribution in [0.2, 0.25) is 0 Å². The second-order valence-electron chi connectivity index (χ2n) is 2.01. The molecular weight excluding hydrogens is 210 g/mol. The molecule has 0 bridgehead atoms. The molecule has 0 aliphatic rings. The van der Waals surface area contributed by atoms with Crippen LogP contribution in [-0.4, -0.2) is 21.6 Å². The van der Waals surface area contributed by atoms with Gasteiger partial charge in [-0.1, -0.05) is 0 Å². The Bertz CT molecular complexity index is 243. The van der Waals surface area contributed by atoms with Crippen LogP contribution in [0.25, 0.3) is 0 Å². The van der Waals surface area contributed by atoms with E-state index in [0.29, 0.717) is 10.2 Å². The molecule has 0 saturated carbocycles. The smallest absolute Gasteiger partial charge is 0.115 e. The van der Waals surface area contributed by atoms with Crippen molar-refractivity contribution in [3.05, 3.63) is 22.7 Å². The Kier molecular flexibility index (Phi) is 2.92. The van der Waals surface area contributed by atoms with Gasteiger partial charge in [-0.3, -0.25) is 0 Å². The maximum absolute atomic E-state index is 9.26. The average molecular weight is 218 g/mol. The largest absolute Gasteiger partial charge is 0.385 e. The Hall–Kier alpha value is -0.520. The summed E-state index contributed by atoms with van der Waals surface area (Å²) in [6.07, 6.45) is 2.23. The molecule has 60 valence electrons. The van der Waals surface area contributed by atoms with Gasteiger partial charge in [0, 0.05) is 12.7 Å². The van der Waals surface area contributed by atoms with Gasteiger partial charge in [-0.2, -0.15) is 0 Å². The van der Waals surface area contributed by atoms with Crippen LogP contribution in [0.15, 0.2) is 17.0 Å². The molecule has 0 aromatic carbocycles. The summed E-state index contributed by atoms with van der Waals surface area (Å²) in [5, 5.41) is 9.26. The zero-order valence-corrected chi connectivity index (χ0v) is 7.32. The van der Waals surface area contributed by atoms with Crippen LogP contribution in [-0.2, 0) is 0 Å². The number of aliphatic hydroxyl groups is 1. The number of aliphatic hydroxyl groups excluding tert-OH is 1. The predicted molar refractivity (Wildman–Crippen MR) is 43.7 cm³/mol. The fraction of sp³-hybridized carbons (Fsp3) is 0.333. The fourth-order valence-electron chi connectivity index (χ4n) is 0.679. The molecule has 0 spiro atoms. The van der Waals surface area contributed by atoms with E-state index < -0.39 is 6.10 Å². The number of aromatic nitrogens is 2. The van der Waals surface area contributed by atoms with Crippen LogP contribution in [0, 0.1) is 0 Å². The molecule has 1 heterocycles. The molecule has 1 aromatic rings. The molecule has 0 fully saturated rings. The van der Waals surface area contributed by atoms with Crippen LogP contribution in [0.5, 0.6) is 0 Å². The zero-order chi connectivity index (χ0) is 8.27. The van der Waals surface area contributed by atoms with Gasteiger partial charge in [0.1, 0.15) is 12.4 Å². The average Bonchev–Trinajstić information content (AvgIpc) is 2.04. The van der Waals surface area contributed by atoms with Crippen molar-refractivity contribution in [3.63, 3.8) is 0 Å². The summed E-state index contributed by atoms with van der Waals surface area (Å²) in [7, 11) is 0. The highest BCUT2D eigenvalue weighted by Crippen LogP contribution is 2.18. The Labute approximate surface area is 72.6 Å². The van der Waals surface area contributed by atoms with E-state index in [1.165, 1.54) is 6.33 Å². The highest BCUT2D eigenvalue weighted by atomic mass is 79.9. The minimum Gasteiger partial charge on any atom is -0.385 e. The van der Waals surface area contributed by atoms with Gasteiger partial charge < -0.3 is 10.8 Å². The molecule has 1 unspecified atom stereocenters. The Morgan fingerprint density at radius 3 is 3.00 bits per heavy atom. The van der Waals surface area contributed by atoms with E-state index >= 15 is 0 Å². The molecule has 0 saturated heterocycles. The molecule has 1 rings (SSSR count). The summed E-state index contributed by atoms with van der Waals surface area (Å²) < 4.78 is 0.679. The fourth-order valence-corrected chi connectivity index (χ4v) is 1.16. The summed E-state index contributed by atoms with van der Waals surface area (Å²) in [4.78, 5) is 7.61. The highest BCUT2D eigenvalue weighted by molar-refractivity contribution is 9.10. The van der Waals surface area contributed by atoms with Gasteiger partial charge in [0.05, 0.1) is 10.2 Å². The van der Waals surface area contributed by atoms with Crippen molar-refractivity contribution < 1.29 is 5.11 Å². The van der Waals surface area contributed by atoms with Crippen molar-refractivity contribution in [2.45, 2.75) is 6.10 Å². The van der Waals surface area contributed by atoms with E-state index in [1.807, 2.05) is 0 Å². The number of rotatable bonds is 2. The van der Waals surface area contributed by atoms with Gasteiger partial charge in [0.15, 0.2) is 0 Å². The molecule has 0 radical (unpaired) electrons. The number of nitrogens with two attached hydrogens (primary N) is 1. The molecule has 0 aliphatic heterocycles. The molecular formula is C6H8BrN3O. The van der Waals surface area contributed by atoms with Crippen molar-refractivity contribution >= 4 is 15.9 Å². The minimum atomic E-state index is -0.715. The zero-order valence-electron chi connectivity index (χ0n) is 5.74. The first-order chi connectivity index (χ1) is 5.25. The number of hydrogen-bond donors (Lipinski definition) is 2. The van der Waals surface area contributed by atoms with Crippen molar-refractivity contribution in [1.82, 2.24) is 9.97 Å². The topological polar surface area (TPSA) is 72.0 Å². The predicted octanol–water partition coefficient (Wildman–Crippen LogP) is 0.231. The van der Waals surface area contributed by atoms with Crippen molar-refractivity contribution in [1.29, 1.82) is 0 Å². The molecule has 0 amide bonds. The number of nitrogens with zero attached hydrogens (tertiary/aromatic N) is 2. The lowest BCUT2D eigenvalue weighted by Crippen LogP contribution is -2.13. The second kappa shape index (κ2) is 3.75. The lowest BCUT2D eigenvalue weighted by Gasteiger charge is -2.06. The third-order valence-corrected chi connectivity index (χ3v) is 1.85. The van der Waals surface area contributed by atoms with Crippen LogP contribution < -0.4 is 5.73 Å². The standard InChI is InChI=1S/C6H8BrN3O/c7-4-2-9-3-10-6(4)5(11)1-8/h2-3,5,11H,1,8H2. The monoisotopic (exact) mass is 217 g/mol. The van der Waals surface area contributed by atoms with Crippen LogP contribution in [0.3, 0.4) is 0 Å². The third-order valence-electron chi connectivity index (χ3n) is 1.23. The van der Waals surface area contributed by atoms with E-state index in [4.69, 9.17) is 5.73 Å². The first-order valence-electron chi connectivity index (χ1n) is 3.09. The quantitative estimate of drug-likeness (QED) is 0.745. The van der Waals surface area contributed by atoms with Gasteiger partial charge in [-0.15, -0.1) is 0 Å². The molecule has 5 heteroatoms. The molecule has 1 aromatic heterocycles. The van der Waals surface area contributed by atoms with Gasteiger partial charge in [0.2, 0.25) is 0 Å². The molecule has 0 aliphatic carbocycles. The summed E-state index contributed by atoms with van der Waals surface area (Å²) >= 11 is 3.20. The maximum Gasteiger partial charge on any atom is 0.115 e. The van der Waals surface area contributed by atoms with Gasteiger partial charge in [0.25, 0.3) is 0 Å². The summed E-state index contributed by atoms with van der Waals surface area (Å²) in [6, 6.07) is 0. The van der Waals surface area contributed by atoms with Crippen LogP contribution in [0.4, 0.5) is 0 Å². The third kappa shape index (κ3) is 1.95. The lowest BCUT2D eigenvalue weighted by molar-refractivity contribution is 0.181. The summed E-state index contributed by atoms with van der Waals surface area (Å²) in [5.41, 5.74) is 5.77. The molecule has 1 atom stereocenters. The molecule has 3 N–H and O–H groups in total. The van der Waals surface area contributed by atoms with Gasteiger partial charge in [-0.05, 0) is 15.9 Å². The van der Waals surface area contributed by atoms with Crippen LogP contribution >= 0.6 is 15.9 Å². The number of halogens is 1.